The van der Waals surface area contributed by atoms with Crippen molar-refractivity contribution in [3.05, 3.63) is 46.0 Å². The minimum atomic E-state index is -0.468. The van der Waals surface area contributed by atoms with Gasteiger partial charge in [-0.2, -0.15) is 0 Å². The first-order chi connectivity index (χ1) is 7.06. The molecule has 1 N–H and O–H groups in total. The number of nitrogens with zero attached hydrogens (tertiary/aromatic N) is 1. The fourth-order valence-corrected chi connectivity index (χ4v) is 1.32. The summed E-state index contributed by atoms with van der Waals surface area (Å²) in [7, 11) is 0. The van der Waals surface area contributed by atoms with Crippen molar-refractivity contribution >= 4 is 23.0 Å². The summed E-state index contributed by atoms with van der Waals surface area (Å²) in [6.45, 7) is 5.42. The highest BCUT2D eigenvalue weighted by molar-refractivity contribution is 6.33. The summed E-state index contributed by atoms with van der Waals surface area (Å²) in [5.74, 6) is 0. The molecule has 0 saturated heterocycles. The molecular weight excluding hydrogens is 216 g/mol. The van der Waals surface area contributed by atoms with Gasteiger partial charge in [0.05, 0.1) is 9.95 Å². The number of halogens is 1. The Balaban J connectivity index is 3.13. The van der Waals surface area contributed by atoms with Crippen molar-refractivity contribution in [1.82, 2.24) is 0 Å². The second-order valence-electron chi connectivity index (χ2n) is 3.06. The minimum Gasteiger partial charge on any atom is -0.372 e. The third-order valence-corrected chi connectivity index (χ3v) is 2.23. The van der Waals surface area contributed by atoms with Gasteiger partial charge in [-0.25, -0.2) is 0 Å². The third-order valence-electron chi connectivity index (χ3n) is 1.91. The van der Waals surface area contributed by atoms with E-state index < -0.39 is 4.92 Å². The van der Waals surface area contributed by atoms with Gasteiger partial charge in [0.15, 0.2) is 0 Å². The number of nitro benzene ring substituents is 1. The molecule has 1 rings (SSSR count). The van der Waals surface area contributed by atoms with Crippen molar-refractivity contribution in [3.63, 3.8) is 0 Å². The first-order valence-electron chi connectivity index (χ1n) is 4.38. The highest BCUT2D eigenvalue weighted by Gasteiger charge is 2.16. The van der Waals surface area contributed by atoms with Crippen LogP contribution in [0.25, 0.3) is 0 Å². The summed E-state index contributed by atoms with van der Waals surface area (Å²) in [5.41, 5.74) is 0.299. The number of rotatable bonds is 4. The maximum atomic E-state index is 10.7. The molecule has 0 saturated carbocycles. The molecule has 0 aromatic heterocycles. The van der Waals surface area contributed by atoms with Gasteiger partial charge in [0.1, 0.15) is 5.69 Å². The van der Waals surface area contributed by atoms with Gasteiger partial charge in [-0.3, -0.25) is 10.1 Å². The van der Waals surface area contributed by atoms with Crippen LogP contribution in [0.15, 0.2) is 30.9 Å². The van der Waals surface area contributed by atoms with Crippen LogP contribution in [0, 0.1) is 10.1 Å². The van der Waals surface area contributed by atoms with E-state index in [9.17, 15) is 10.1 Å². The van der Waals surface area contributed by atoms with E-state index in [0.29, 0.717) is 10.7 Å². The van der Waals surface area contributed by atoms with Crippen molar-refractivity contribution in [1.29, 1.82) is 0 Å². The Hall–Kier alpha value is -1.55. The maximum absolute atomic E-state index is 10.7. The Morgan fingerprint density at radius 3 is 2.87 bits per heavy atom. The van der Waals surface area contributed by atoms with E-state index in [-0.39, 0.29) is 11.7 Å². The largest absolute Gasteiger partial charge is 0.372 e. The average Bonchev–Trinajstić information content (AvgIpc) is 2.20. The lowest BCUT2D eigenvalue weighted by Gasteiger charge is -2.12. The van der Waals surface area contributed by atoms with E-state index in [2.05, 4.69) is 11.9 Å². The normalized spacial score (nSPS) is 11.9. The molecule has 0 aliphatic rings. The van der Waals surface area contributed by atoms with E-state index >= 15 is 0 Å². The van der Waals surface area contributed by atoms with Gasteiger partial charge >= 0.3 is 0 Å². The van der Waals surface area contributed by atoms with Gasteiger partial charge < -0.3 is 5.32 Å². The zero-order chi connectivity index (χ0) is 11.4. The highest BCUT2D eigenvalue weighted by Crippen LogP contribution is 2.32. The highest BCUT2D eigenvalue weighted by atomic mass is 35.5. The Morgan fingerprint density at radius 1 is 1.67 bits per heavy atom. The molecule has 5 heteroatoms. The molecule has 1 unspecified atom stereocenters. The molecular formula is C10H11ClN2O2. The zero-order valence-electron chi connectivity index (χ0n) is 8.24. The summed E-state index contributed by atoms with van der Waals surface area (Å²) >= 11 is 5.87. The van der Waals surface area contributed by atoms with Crippen LogP contribution in [0.4, 0.5) is 11.4 Å². The summed E-state index contributed by atoms with van der Waals surface area (Å²) in [4.78, 5) is 10.3. The van der Waals surface area contributed by atoms with Gasteiger partial charge in [-0.1, -0.05) is 23.7 Å². The third kappa shape index (κ3) is 2.70. The summed E-state index contributed by atoms with van der Waals surface area (Å²) in [6.07, 6.45) is 1.65. The Kier molecular flexibility index (Phi) is 3.68. The SMILES string of the molecule is C=CC(C)Nc1c(Cl)cccc1[N+](=O)[O-]. The molecule has 0 amide bonds. The summed E-state index contributed by atoms with van der Waals surface area (Å²) < 4.78 is 0. The Morgan fingerprint density at radius 2 is 2.33 bits per heavy atom. The molecule has 15 heavy (non-hydrogen) atoms. The van der Waals surface area contributed by atoms with Gasteiger partial charge in [0.2, 0.25) is 0 Å². The van der Waals surface area contributed by atoms with Crippen LogP contribution in [0.3, 0.4) is 0 Å². The fraction of sp³-hybridized carbons (Fsp3) is 0.200. The van der Waals surface area contributed by atoms with E-state index in [4.69, 9.17) is 11.6 Å². The molecule has 0 bridgehead atoms. The lowest BCUT2D eigenvalue weighted by molar-refractivity contribution is -0.384. The first kappa shape index (κ1) is 11.5. The van der Waals surface area contributed by atoms with E-state index in [0.717, 1.165) is 0 Å². The minimum absolute atomic E-state index is 0.0313. The van der Waals surface area contributed by atoms with E-state index in [1.807, 2.05) is 6.92 Å². The van der Waals surface area contributed by atoms with Crippen molar-refractivity contribution < 1.29 is 4.92 Å². The van der Waals surface area contributed by atoms with E-state index in [1.165, 1.54) is 6.07 Å². The molecule has 0 aliphatic heterocycles. The number of nitrogens with one attached hydrogen (secondary N) is 1. The quantitative estimate of drug-likeness (QED) is 0.487. The standard InChI is InChI=1S/C10H11ClN2O2/c1-3-7(2)12-10-8(11)5-4-6-9(10)13(14)15/h3-7,12H,1H2,2H3. The van der Waals surface area contributed by atoms with Gasteiger partial charge in [-0.15, -0.1) is 6.58 Å². The van der Waals surface area contributed by atoms with E-state index in [1.54, 1.807) is 18.2 Å². The lowest BCUT2D eigenvalue weighted by atomic mass is 10.2. The van der Waals surface area contributed by atoms with Gasteiger partial charge in [0, 0.05) is 12.1 Å². The van der Waals surface area contributed by atoms with Gasteiger partial charge in [0.25, 0.3) is 5.69 Å². The van der Waals surface area contributed by atoms with Crippen LogP contribution in [0.5, 0.6) is 0 Å². The van der Waals surface area contributed by atoms with Crippen molar-refractivity contribution in [2.24, 2.45) is 0 Å². The molecule has 4 nitrogen and oxygen atoms in total. The average molecular weight is 227 g/mol. The number of anilines is 1. The van der Waals surface area contributed by atoms with Crippen LogP contribution in [-0.4, -0.2) is 11.0 Å². The number of benzene rings is 1. The van der Waals surface area contributed by atoms with Crippen molar-refractivity contribution in [2.75, 3.05) is 5.32 Å². The van der Waals surface area contributed by atoms with Crippen LogP contribution in [0.1, 0.15) is 6.92 Å². The fourth-order valence-electron chi connectivity index (χ4n) is 1.09. The number of hydrogen-bond acceptors (Lipinski definition) is 3. The smallest absolute Gasteiger partial charge is 0.293 e. The number of para-hydroxylation sites is 1. The zero-order valence-corrected chi connectivity index (χ0v) is 8.99. The lowest BCUT2D eigenvalue weighted by Crippen LogP contribution is -2.13. The molecule has 1 aromatic rings. The molecule has 1 aromatic carbocycles. The Labute approximate surface area is 92.7 Å². The van der Waals surface area contributed by atoms with Gasteiger partial charge in [-0.05, 0) is 13.0 Å². The predicted octanol–water partition coefficient (Wildman–Crippen LogP) is 3.23. The molecule has 1 atom stereocenters. The molecule has 0 heterocycles. The number of hydrogen-bond donors (Lipinski definition) is 1. The molecule has 80 valence electrons. The van der Waals surface area contributed by atoms with Crippen molar-refractivity contribution in [3.8, 4) is 0 Å². The van der Waals surface area contributed by atoms with Crippen LogP contribution < -0.4 is 5.32 Å². The second-order valence-corrected chi connectivity index (χ2v) is 3.47. The first-order valence-corrected chi connectivity index (χ1v) is 4.76. The molecule has 0 aliphatic carbocycles. The molecule has 0 fully saturated rings. The molecule has 0 radical (unpaired) electrons. The summed E-state index contributed by atoms with van der Waals surface area (Å²) in [6, 6.07) is 4.48. The summed E-state index contributed by atoms with van der Waals surface area (Å²) in [5, 5.41) is 14.0. The number of nitro groups is 1. The van der Waals surface area contributed by atoms with Crippen molar-refractivity contribution in [2.45, 2.75) is 13.0 Å². The monoisotopic (exact) mass is 226 g/mol. The second kappa shape index (κ2) is 4.79. The molecule has 0 spiro atoms. The predicted molar refractivity (Wildman–Crippen MR) is 61.4 cm³/mol. The van der Waals surface area contributed by atoms with Crippen LogP contribution >= 0.6 is 11.6 Å². The van der Waals surface area contributed by atoms with Crippen LogP contribution in [0.2, 0.25) is 5.02 Å². The Bertz CT molecular complexity index is 393. The maximum Gasteiger partial charge on any atom is 0.293 e. The topological polar surface area (TPSA) is 55.2 Å². The van der Waals surface area contributed by atoms with Crippen LogP contribution in [-0.2, 0) is 0 Å².